The van der Waals surface area contributed by atoms with Gasteiger partial charge in [0.1, 0.15) is 17.6 Å². The maximum absolute atomic E-state index is 5.46. The van der Waals surface area contributed by atoms with Crippen molar-refractivity contribution in [2.24, 2.45) is 0 Å². The molecule has 0 saturated heterocycles. The third-order valence-electron chi connectivity index (χ3n) is 2.40. The number of nitrogens with zero attached hydrogens (tertiary/aromatic N) is 2. The van der Waals surface area contributed by atoms with Crippen LogP contribution in [-0.2, 0) is 0 Å². The number of anilines is 1. The van der Waals surface area contributed by atoms with Gasteiger partial charge in [0.05, 0.1) is 11.9 Å². The number of aryl methyl sites for hydroxylation is 2. The van der Waals surface area contributed by atoms with E-state index < -0.39 is 0 Å². The summed E-state index contributed by atoms with van der Waals surface area (Å²) in [5.41, 5.74) is 0.950. The standard InChI is InChI=1S/C12H14BrN3O/c1-7-6-14-12(17-7)9(3)16-11-5-4-10(13)8(2)15-11/h4-6,9H,1-3H3,(H,15,16). The van der Waals surface area contributed by atoms with Gasteiger partial charge in [-0.25, -0.2) is 9.97 Å². The van der Waals surface area contributed by atoms with E-state index >= 15 is 0 Å². The molecule has 0 aliphatic heterocycles. The fraction of sp³-hybridized carbons (Fsp3) is 0.333. The van der Waals surface area contributed by atoms with Gasteiger partial charge in [-0.05, 0) is 48.8 Å². The molecule has 0 bridgehead atoms. The van der Waals surface area contributed by atoms with E-state index in [-0.39, 0.29) is 6.04 Å². The lowest BCUT2D eigenvalue weighted by atomic mass is 10.3. The summed E-state index contributed by atoms with van der Waals surface area (Å²) >= 11 is 3.42. The quantitative estimate of drug-likeness (QED) is 0.939. The third-order valence-corrected chi connectivity index (χ3v) is 3.23. The molecule has 17 heavy (non-hydrogen) atoms. The van der Waals surface area contributed by atoms with E-state index in [1.807, 2.05) is 32.9 Å². The number of hydrogen-bond donors (Lipinski definition) is 1. The van der Waals surface area contributed by atoms with Crippen LogP contribution in [0.5, 0.6) is 0 Å². The zero-order chi connectivity index (χ0) is 12.4. The summed E-state index contributed by atoms with van der Waals surface area (Å²) in [5.74, 6) is 2.30. The molecule has 0 radical (unpaired) electrons. The van der Waals surface area contributed by atoms with Crippen molar-refractivity contribution in [2.45, 2.75) is 26.8 Å². The van der Waals surface area contributed by atoms with Gasteiger partial charge in [-0.1, -0.05) is 0 Å². The molecular weight excluding hydrogens is 282 g/mol. The molecule has 0 fully saturated rings. The first-order chi connectivity index (χ1) is 8.06. The van der Waals surface area contributed by atoms with Crippen LogP contribution >= 0.6 is 15.9 Å². The van der Waals surface area contributed by atoms with Crippen molar-refractivity contribution in [3.05, 3.63) is 40.1 Å². The van der Waals surface area contributed by atoms with E-state index in [1.54, 1.807) is 6.20 Å². The minimum absolute atomic E-state index is 0.00299. The molecule has 0 aliphatic carbocycles. The van der Waals surface area contributed by atoms with Crippen LogP contribution in [0.15, 0.2) is 27.2 Å². The highest BCUT2D eigenvalue weighted by Gasteiger charge is 2.11. The van der Waals surface area contributed by atoms with Gasteiger partial charge < -0.3 is 9.73 Å². The summed E-state index contributed by atoms with van der Waals surface area (Å²) in [6, 6.07) is 3.89. The summed E-state index contributed by atoms with van der Waals surface area (Å²) in [5, 5.41) is 3.25. The highest BCUT2D eigenvalue weighted by Crippen LogP contribution is 2.20. The molecule has 0 saturated carbocycles. The Morgan fingerprint density at radius 1 is 1.35 bits per heavy atom. The molecule has 0 aromatic carbocycles. The van der Waals surface area contributed by atoms with Gasteiger partial charge >= 0.3 is 0 Å². The number of halogens is 1. The minimum atomic E-state index is -0.00299. The van der Waals surface area contributed by atoms with Crippen molar-refractivity contribution < 1.29 is 4.42 Å². The smallest absolute Gasteiger partial charge is 0.216 e. The highest BCUT2D eigenvalue weighted by molar-refractivity contribution is 9.10. The second-order valence-corrected chi connectivity index (χ2v) is 4.79. The number of oxazole rings is 1. The lowest BCUT2D eigenvalue weighted by molar-refractivity contribution is 0.453. The summed E-state index contributed by atoms with van der Waals surface area (Å²) in [4.78, 5) is 8.60. The fourth-order valence-electron chi connectivity index (χ4n) is 1.48. The molecule has 0 amide bonds. The molecule has 4 nitrogen and oxygen atoms in total. The molecule has 1 unspecified atom stereocenters. The van der Waals surface area contributed by atoms with Gasteiger partial charge in [-0.3, -0.25) is 0 Å². The summed E-state index contributed by atoms with van der Waals surface area (Å²) in [6.07, 6.45) is 1.72. The second-order valence-electron chi connectivity index (χ2n) is 3.94. The maximum Gasteiger partial charge on any atom is 0.216 e. The largest absolute Gasteiger partial charge is 0.444 e. The van der Waals surface area contributed by atoms with Crippen LogP contribution in [0.25, 0.3) is 0 Å². The minimum Gasteiger partial charge on any atom is -0.444 e. The van der Waals surface area contributed by atoms with E-state index in [4.69, 9.17) is 4.42 Å². The van der Waals surface area contributed by atoms with E-state index in [1.165, 1.54) is 0 Å². The van der Waals surface area contributed by atoms with E-state index in [2.05, 4.69) is 31.2 Å². The highest BCUT2D eigenvalue weighted by atomic mass is 79.9. The normalized spacial score (nSPS) is 12.5. The number of nitrogens with one attached hydrogen (secondary N) is 1. The molecule has 0 spiro atoms. The van der Waals surface area contributed by atoms with Crippen molar-refractivity contribution >= 4 is 21.7 Å². The monoisotopic (exact) mass is 295 g/mol. The van der Waals surface area contributed by atoms with Crippen molar-refractivity contribution in [3.63, 3.8) is 0 Å². The van der Waals surface area contributed by atoms with E-state index in [9.17, 15) is 0 Å². The van der Waals surface area contributed by atoms with Crippen LogP contribution < -0.4 is 5.32 Å². The fourth-order valence-corrected chi connectivity index (χ4v) is 1.70. The van der Waals surface area contributed by atoms with Crippen LogP contribution in [-0.4, -0.2) is 9.97 Å². The van der Waals surface area contributed by atoms with Crippen molar-refractivity contribution in [3.8, 4) is 0 Å². The third kappa shape index (κ3) is 2.85. The Hall–Kier alpha value is -1.36. The lowest BCUT2D eigenvalue weighted by Crippen LogP contribution is -2.08. The predicted molar refractivity (Wildman–Crippen MR) is 70.0 cm³/mol. The van der Waals surface area contributed by atoms with Gasteiger partial charge in [0.25, 0.3) is 0 Å². The predicted octanol–water partition coefficient (Wildman–Crippen LogP) is 3.62. The Bertz CT molecular complexity index is 524. The number of hydrogen-bond acceptors (Lipinski definition) is 4. The molecule has 1 atom stereocenters. The average Bonchev–Trinajstić information content (AvgIpc) is 2.70. The summed E-state index contributed by atoms with van der Waals surface area (Å²) in [6.45, 7) is 5.82. The number of rotatable bonds is 3. The summed E-state index contributed by atoms with van der Waals surface area (Å²) < 4.78 is 6.46. The molecule has 2 rings (SSSR count). The lowest BCUT2D eigenvalue weighted by Gasteiger charge is -2.11. The van der Waals surface area contributed by atoms with Crippen molar-refractivity contribution in [2.75, 3.05) is 5.32 Å². The molecule has 2 aromatic rings. The molecule has 2 heterocycles. The summed E-state index contributed by atoms with van der Waals surface area (Å²) in [7, 11) is 0. The molecule has 2 aromatic heterocycles. The van der Waals surface area contributed by atoms with Gasteiger partial charge in [-0.2, -0.15) is 0 Å². The first-order valence-corrected chi connectivity index (χ1v) is 6.17. The van der Waals surface area contributed by atoms with E-state index in [0.29, 0.717) is 5.89 Å². The van der Waals surface area contributed by atoms with Gasteiger partial charge in [-0.15, -0.1) is 0 Å². The van der Waals surface area contributed by atoms with Crippen LogP contribution in [0.4, 0.5) is 5.82 Å². The SMILES string of the molecule is Cc1cnc(C(C)Nc2ccc(Br)c(C)n2)o1. The molecule has 90 valence electrons. The Balaban J connectivity index is 2.12. The van der Waals surface area contributed by atoms with Crippen molar-refractivity contribution in [1.29, 1.82) is 0 Å². The van der Waals surface area contributed by atoms with Crippen LogP contribution in [0, 0.1) is 13.8 Å². The Kier molecular flexibility index (Phi) is 3.47. The molecule has 1 N–H and O–H groups in total. The maximum atomic E-state index is 5.46. The van der Waals surface area contributed by atoms with Crippen LogP contribution in [0.1, 0.15) is 30.3 Å². The zero-order valence-electron chi connectivity index (χ0n) is 9.99. The molecule has 5 heteroatoms. The zero-order valence-corrected chi connectivity index (χ0v) is 11.6. The first kappa shape index (κ1) is 12.1. The van der Waals surface area contributed by atoms with Gasteiger partial charge in [0.2, 0.25) is 5.89 Å². The van der Waals surface area contributed by atoms with E-state index in [0.717, 1.165) is 21.7 Å². The molecule has 0 aliphatic rings. The number of pyridine rings is 1. The molecular formula is C12H14BrN3O. The van der Waals surface area contributed by atoms with Crippen molar-refractivity contribution in [1.82, 2.24) is 9.97 Å². The first-order valence-electron chi connectivity index (χ1n) is 5.38. The van der Waals surface area contributed by atoms with Crippen LogP contribution in [0.2, 0.25) is 0 Å². The van der Waals surface area contributed by atoms with Gasteiger partial charge in [0, 0.05) is 4.47 Å². The number of aromatic nitrogens is 2. The second kappa shape index (κ2) is 4.87. The Morgan fingerprint density at radius 2 is 2.12 bits per heavy atom. The topological polar surface area (TPSA) is 51.0 Å². The van der Waals surface area contributed by atoms with Gasteiger partial charge in [0.15, 0.2) is 0 Å². The van der Waals surface area contributed by atoms with Crippen LogP contribution in [0.3, 0.4) is 0 Å². The Labute approximate surface area is 109 Å². The average molecular weight is 296 g/mol. The Morgan fingerprint density at radius 3 is 2.71 bits per heavy atom.